The Hall–Kier alpha value is -3.19. The van der Waals surface area contributed by atoms with Gasteiger partial charge in [0, 0.05) is 16.5 Å². The van der Waals surface area contributed by atoms with E-state index in [2.05, 4.69) is 5.32 Å². The number of carbonyl (C=O) groups is 2. The van der Waals surface area contributed by atoms with Crippen LogP contribution in [0, 0.1) is 5.82 Å². The summed E-state index contributed by atoms with van der Waals surface area (Å²) < 4.78 is 23.7. The molecule has 3 aromatic rings. The van der Waals surface area contributed by atoms with Crippen molar-refractivity contribution in [1.29, 1.82) is 0 Å². The number of halogens is 1. The maximum Gasteiger partial charge on any atom is 0.341 e. The third kappa shape index (κ3) is 4.81. The van der Waals surface area contributed by atoms with E-state index in [1.165, 1.54) is 30.6 Å². The zero-order valence-corrected chi connectivity index (χ0v) is 16.8. The Labute approximate surface area is 172 Å². The summed E-state index contributed by atoms with van der Waals surface area (Å²) in [6, 6.07) is 12.6. The van der Waals surface area contributed by atoms with Gasteiger partial charge in [0.15, 0.2) is 0 Å². The van der Waals surface area contributed by atoms with Crippen molar-refractivity contribution in [2.75, 3.05) is 19.0 Å². The van der Waals surface area contributed by atoms with Crippen LogP contribution < -0.4 is 10.1 Å². The molecule has 3 rings (SSSR count). The van der Waals surface area contributed by atoms with Crippen LogP contribution in [-0.4, -0.2) is 25.6 Å². The average molecular weight is 413 g/mol. The van der Waals surface area contributed by atoms with Gasteiger partial charge in [-0.15, -0.1) is 11.3 Å². The molecular weight excluding hydrogens is 393 g/mol. The van der Waals surface area contributed by atoms with Crippen LogP contribution >= 0.6 is 11.3 Å². The van der Waals surface area contributed by atoms with Crippen LogP contribution in [0.1, 0.15) is 34.1 Å². The summed E-state index contributed by atoms with van der Waals surface area (Å²) in [5.41, 5.74) is 1.86. The SMILES string of the molecule is CCCOc1cccc(C(=O)Nc2scc(-c3ccc(F)cc3)c2C(=O)OC)c1. The molecule has 150 valence electrons. The van der Waals surface area contributed by atoms with Crippen molar-refractivity contribution in [1.82, 2.24) is 0 Å². The maximum atomic E-state index is 13.2. The number of anilines is 1. The predicted molar refractivity (Wildman–Crippen MR) is 111 cm³/mol. The molecule has 1 N–H and O–H groups in total. The van der Waals surface area contributed by atoms with E-state index < -0.39 is 5.97 Å². The van der Waals surface area contributed by atoms with Gasteiger partial charge in [0.25, 0.3) is 5.91 Å². The Balaban J connectivity index is 1.90. The van der Waals surface area contributed by atoms with E-state index in [1.54, 1.807) is 41.8 Å². The minimum absolute atomic E-state index is 0.232. The standard InChI is InChI=1S/C22H20FNO4S/c1-3-11-28-17-6-4-5-15(12-17)20(25)24-21-19(22(26)27-2)18(13-29-21)14-7-9-16(23)10-8-14/h4-10,12-13H,3,11H2,1-2H3,(H,24,25). The van der Waals surface area contributed by atoms with E-state index in [1.807, 2.05) is 6.92 Å². The van der Waals surface area contributed by atoms with Crippen molar-refractivity contribution < 1.29 is 23.5 Å². The molecule has 5 nitrogen and oxygen atoms in total. The quantitative estimate of drug-likeness (QED) is 0.528. The Bertz CT molecular complexity index is 1010. The van der Waals surface area contributed by atoms with Gasteiger partial charge in [-0.05, 0) is 42.3 Å². The number of esters is 1. The van der Waals surface area contributed by atoms with Gasteiger partial charge in [0.05, 0.1) is 13.7 Å². The lowest BCUT2D eigenvalue weighted by Crippen LogP contribution is -2.14. The summed E-state index contributed by atoms with van der Waals surface area (Å²) in [5, 5.41) is 4.87. The first-order valence-corrected chi connectivity index (χ1v) is 9.91. The molecule has 0 saturated carbocycles. The van der Waals surface area contributed by atoms with Gasteiger partial charge in [0.1, 0.15) is 22.1 Å². The summed E-state index contributed by atoms with van der Waals surface area (Å²) in [4.78, 5) is 25.1. The van der Waals surface area contributed by atoms with Crippen LogP contribution in [0.3, 0.4) is 0 Å². The van der Waals surface area contributed by atoms with Crippen LogP contribution in [0.2, 0.25) is 0 Å². The number of rotatable bonds is 7. The highest BCUT2D eigenvalue weighted by molar-refractivity contribution is 7.15. The van der Waals surface area contributed by atoms with Gasteiger partial charge in [0.2, 0.25) is 0 Å². The summed E-state index contributed by atoms with van der Waals surface area (Å²) in [6.07, 6.45) is 0.861. The topological polar surface area (TPSA) is 64.6 Å². The molecule has 29 heavy (non-hydrogen) atoms. The lowest BCUT2D eigenvalue weighted by molar-refractivity contribution is 0.0603. The van der Waals surface area contributed by atoms with Crippen molar-refractivity contribution in [3.8, 4) is 16.9 Å². The lowest BCUT2D eigenvalue weighted by atomic mass is 10.0. The molecule has 0 aliphatic heterocycles. The van der Waals surface area contributed by atoms with E-state index in [9.17, 15) is 14.0 Å². The first-order chi connectivity index (χ1) is 14.0. The minimum atomic E-state index is -0.582. The fraction of sp³-hybridized carbons (Fsp3) is 0.182. The summed E-state index contributed by atoms with van der Waals surface area (Å²) in [6.45, 7) is 2.56. The van der Waals surface area contributed by atoms with E-state index >= 15 is 0 Å². The molecule has 0 fully saturated rings. The minimum Gasteiger partial charge on any atom is -0.494 e. The van der Waals surface area contributed by atoms with Crippen molar-refractivity contribution in [2.24, 2.45) is 0 Å². The van der Waals surface area contributed by atoms with Crippen LogP contribution in [0.15, 0.2) is 53.9 Å². The number of methoxy groups -OCH3 is 1. The smallest absolute Gasteiger partial charge is 0.341 e. The summed E-state index contributed by atoms with van der Waals surface area (Å²) in [5.74, 6) is -0.723. The fourth-order valence-corrected chi connectivity index (χ4v) is 3.67. The molecule has 2 aromatic carbocycles. The number of nitrogens with one attached hydrogen (secondary N) is 1. The number of hydrogen-bond donors (Lipinski definition) is 1. The van der Waals surface area contributed by atoms with Gasteiger partial charge in [-0.1, -0.05) is 25.1 Å². The second kappa shape index (κ2) is 9.34. The normalized spacial score (nSPS) is 10.4. The highest BCUT2D eigenvalue weighted by Gasteiger charge is 2.23. The molecule has 0 bridgehead atoms. The summed E-state index contributed by atoms with van der Waals surface area (Å²) in [7, 11) is 1.27. The number of thiophene rings is 1. The average Bonchev–Trinajstić information content (AvgIpc) is 3.15. The fourth-order valence-electron chi connectivity index (χ4n) is 2.72. The van der Waals surface area contributed by atoms with E-state index in [0.29, 0.717) is 34.0 Å². The Morgan fingerprint density at radius 3 is 2.59 bits per heavy atom. The van der Waals surface area contributed by atoms with Crippen molar-refractivity contribution in [3.05, 3.63) is 70.9 Å². The summed E-state index contributed by atoms with van der Waals surface area (Å²) >= 11 is 1.20. The number of hydrogen-bond acceptors (Lipinski definition) is 5. The zero-order chi connectivity index (χ0) is 20.8. The number of amides is 1. The molecular formula is C22H20FNO4S. The van der Waals surface area contributed by atoms with Gasteiger partial charge < -0.3 is 14.8 Å². The Morgan fingerprint density at radius 2 is 1.90 bits per heavy atom. The first-order valence-electron chi connectivity index (χ1n) is 9.03. The van der Waals surface area contributed by atoms with Crippen LogP contribution in [0.5, 0.6) is 5.75 Å². The number of carbonyl (C=O) groups excluding carboxylic acids is 2. The molecule has 0 unspecified atom stereocenters. The predicted octanol–water partition coefficient (Wildman–Crippen LogP) is 5.38. The molecule has 0 atom stereocenters. The van der Waals surface area contributed by atoms with Crippen molar-refractivity contribution in [3.63, 3.8) is 0 Å². The van der Waals surface area contributed by atoms with Crippen molar-refractivity contribution >= 4 is 28.2 Å². The third-order valence-electron chi connectivity index (χ3n) is 4.13. The van der Waals surface area contributed by atoms with E-state index in [-0.39, 0.29) is 17.3 Å². The van der Waals surface area contributed by atoms with E-state index in [4.69, 9.17) is 9.47 Å². The highest BCUT2D eigenvalue weighted by Crippen LogP contribution is 2.36. The number of ether oxygens (including phenoxy) is 2. The van der Waals surface area contributed by atoms with Crippen LogP contribution in [0.4, 0.5) is 9.39 Å². The van der Waals surface area contributed by atoms with Crippen molar-refractivity contribution in [2.45, 2.75) is 13.3 Å². The van der Waals surface area contributed by atoms with Gasteiger partial charge in [-0.25, -0.2) is 9.18 Å². The van der Waals surface area contributed by atoms with Gasteiger partial charge in [-0.2, -0.15) is 0 Å². The Morgan fingerprint density at radius 1 is 1.14 bits per heavy atom. The van der Waals surface area contributed by atoms with Gasteiger partial charge >= 0.3 is 5.97 Å². The molecule has 1 amide bonds. The number of benzene rings is 2. The Kier molecular flexibility index (Phi) is 6.61. The first kappa shape index (κ1) is 20.5. The maximum absolute atomic E-state index is 13.2. The molecule has 7 heteroatoms. The van der Waals surface area contributed by atoms with Crippen LogP contribution in [-0.2, 0) is 4.74 Å². The largest absolute Gasteiger partial charge is 0.494 e. The zero-order valence-electron chi connectivity index (χ0n) is 16.0. The lowest BCUT2D eigenvalue weighted by Gasteiger charge is -2.09. The molecule has 0 spiro atoms. The highest BCUT2D eigenvalue weighted by atomic mass is 32.1. The van der Waals surface area contributed by atoms with Gasteiger partial charge in [-0.3, -0.25) is 4.79 Å². The molecule has 0 aliphatic rings. The molecule has 1 heterocycles. The van der Waals surface area contributed by atoms with Crippen LogP contribution in [0.25, 0.3) is 11.1 Å². The molecule has 0 aliphatic carbocycles. The molecule has 0 radical (unpaired) electrons. The monoisotopic (exact) mass is 413 g/mol. The molecule has 1 aromatic heterocycles. The second-order valence-corrected chi connectivity index (χ2v) is 7.06. The third-order valence-corrected chi connectivity index (χ3v) is 5.03. The molecule has 0 saturated heterocycles. The second-order valence-electron chi connectivity index (χ2n) is 6.18. The van der Waals surface area contributed by atoms with E-state index in [0.717, 1.165) is 6.42 Å².